The molecule has 2 nitrogen and oxygen atoms in total. The van der Waals surface area contributed by atoms with Crippen LogP contribution in [0.2, 0.25) is 5.15 Å². The summed E-state index contributed by atoms with van der Waals surface area (Å²) in [5.74, 6) is 0. The Morgan fingerprint density at radius 1 is 1.45 bits per heavy atom. The molecular formula is C8H13ClN2. The molecule has 0 aliphatic rings. The summed E-state index contributed by atoms with van der Waals surface area (Å²) in [6, 6.07) is 1.64. The second-order valence-electron chi connectivity index (χ2n) is 1.86. The molecule has 0 spiro atoms. The Labute approximate surface area is 72.4 Å². The third kappa shape index (κ3) is 3.23. The molecule has 3 heteroatoms. The predicted octanol–water partition coefficient (Wildman–Crippen LogP) is 2.65. The van der Waals surface area contributed by atoms with Crippen molar-refractivity contribution in [3.63, 3.8) is 0 Å². The molecule has 0 fully saturated rings. The second-order valence-corrected chi connectivity index (χ2v) is 2.25. The number of hydrogen-bond donors (Lipinski definition) is 1. The first-order chi connectivity index (χ1) is 5.20. The van der Waals surface area contributed by atoms with E-state index in [1.165, 1.54) is 0 Å². The van der Waals surface area contributed by atoms with E-state index in [0.717, 1.165) is 5.56 Å². The van der Waals surface area contributed by atoms with Crippen molar-refractivity contribution in [2.24, 2.45) is 0 Å². The lowest BCUT2D eigenvalue weighted by Gasteiger charge is -1.96. The zero-order valence-electron chi connectivity index (χ0n) is 7.06. The van der Waals surface area contributed by atoms with E-state index >= 15 is 0 Å². The molecule has 0 radical (unpaired) electrons. The maximum absolute atomic E-state index is 5.53. The minimum atomic E-state index is 0.443. The Balaban J connectivity index is 0.000000461. The zero-order chi connectivity index (χ0) is 8.85. The van der Waals surface area contributed by atoms with Gasteiger partial charge in [-0.3, -0.25) is 0 Å². The summed E-state index contributed by atoms with van der Waals surface area (Å²) >= 11 is 5.53. The summed E-state index contributed by atoms with van der Waals surface area (Å²) in [4.78, 5) is 3.82. The number of halogens is 1. The summed E-state index contributed by atoms with van der Waals surface area (Å²) in [6.07, 6.45) is 1.65. The average molecular weight is 173 g/mol. The number of hydrogen-bond acceptors (Lipinski definition) is 2. The van der Waals surface area contributed by atoms with E-state index in [1.807, 2.05) is 20.8 Å². The monoisotopic (exact) mass is 172 g/mol. The van der Waals surface area contributed by atoms with Crippen molar-refractivity contribution in [3.05, 3.63) is 23.0 Å². The van der Waals surface area contributed by atoms with Crippen LogP contribution in [0.3, 0.4) is 0 Å². The molecule has 0 aliphatic heterocycles. The minimum Gasteiger partial charge on any atom is -0.398 e. The van der Waals surface area contributed by atoms with Crippen LogP contribution in [0.5, 0.6) is 0 Å². The van der Waals surface area contributed by atoms with Crippen molar-refractivity contribution in [3.8, 4) is 0 Å². The lowest BCUT2D eigenvalue weighted by atomic mass is 10.3. The molecule has 1 heterocycles. The first-order valence-electron chi connectivity index (χ1n) is 3.58. The summed E-state index contributed by atoms with van der Waals surface area (Å²) in [6.45, 7) is 5.89. The Hall–Kier alpha value is -0.760. The molecule has 0 atom stereocenters. The first-order valence-corrected chi connectivity index (χ1v) is 3.95. The molecule has 0 unspecified atom stereocenters. The molecule has 62 valence electrons. The van der Waals surface area contributed by atoms with Gasteiger partial charge in [-0.15, -0.1) is 0 Å². The van der Waals surface area contributed by atoms with Crippen LogP contribution in [0.25, 0.3) is 0 Å². The molecule has 2 N–H and O–H groups in total. The molecule has 1 aromatic heterocycles. The van der Waals surface area contributed by atoms with Crippen LogP contribution in [0.4, 0.5) is 5.69 Å². The normalized spacial score (nSPS) is 8.36. The average Bonchev–Trinajstić information content (AvgIpc) is 2.02. The van der Waals surface area contributed by atoms with Gasteiger partial charge in [0.15, 0.2) is 0 Å². The van der Waals surface area contributed by atoms with Crippen molar-refractivity contribution in [2.45, 2.75) is 20.8 Å². The van der Waals surface area contributed by atoms with Crippen molar-refractivity contribution >= 4 is 17.3 Å². The SMILES string of the molecule is CC.Cc1cnc(Cl)cc1N. The number of pyridine rings is 1. The van der Waals surface area contributed by atoms with E-state index in [1.54, 1.807) is 12.3 Å². The van der Waals surface area contributed by atoms with Gasteiger partial charge < -0.3 is 5.73 Å². The van der Waals surface area contributed by atoms with Crippen LogP contribution >= 0.6 is 11.6 Å². The molecule has 0 amide bonds. The fourth-order valence-corrected chi connectivity index (χ4v) is 0.679. The van der Waals surface area contributed by atoms with Crippen LogP contribution in [-0.4, -0.2) is 4.98 Å². The number of nitrogens with two attached hydrogens (primary N) is 1. The molecule has 11 heavy (non-hydrogen) atoms. The van der Waals surface area contributed by atoms with Gasteiger partial charge in [-0.1, -0.05) is 25.4 Å². The molecule has 0 saturated carbocycles. The van der Waals surface area contributed by atoms with Gasteiger partial charge in [-0.25, -0.2) is 4.98 Å². The number of rotatable bonds is 0. The van der Waals surface area contributed by atoms with E-state index in [9.17, 15) is 0 Å². The Morgan fingerprint density at radius 3 is 2.36 bits per heavy atom. The van der Waals surface area contributed by atoms with Crippen LogP contribution in [-0.2, 0) is 0 Å². The second kappa shape index (κ2) is 4.97. The van der Waals surface area contributed by atoms with E-state index in [2.05, 4.69) is 4.98 Å². The van der Waals surface area contributed by atoms with Crippen molar-refractivity contribution in [1.82, 2.24) is 4.98 Å². The minimum absolute atomic E-state index is 0.443. The highest BCUT2D eigenvalue weighted by Crippen LogP contribution is 2.12. The number of aromatic nitrogens is 1. The number of aryl methyl sites for hydroxylation is 1. The molecular weight excluding hydrogens is 160 g/mol. The Morgan fingerprint density at radius 2 is 2.00 bits per heavy atom. The summed E-state index contributed by atoms with van der Waals surface area (Å²) in [7, 11) is 0. The van der Waals surface area contributed by atoms with Crippen molar-refractivity contribution < 1.29 is 0 Å². The van der Waals surface area contributed by atoms with Gasteiger partial charge in [0, 0.05) is 11.9 Å². The Kier molecular flexibility index (Phi) is 4.62. The zero-order valence-corrected chi connectivity index (χ0v) is 7.81. The number of nitrogens with zero attached hydrogens (tertiary/aromatic N) is 1. The maximum Gasteiger partial charge on any atom is 0.131 e. The summed E-state index contributed by atoms with van der Waals surface area (Å²) < 4.78 is 0. The van der Waals surface area contributed by atoms with Crippen LogP contribution in [0.15, 0.2) is 12.3 Å². The number of anilines is 1. The lowest BCUT2D eigenvalue weighted by molar-refractivity contribution is 1.27. The highest BCUT2D eigenvalue weighted by molar-refractivity contribution is 6.29. The third-order valence-electron chi connectivity index (χ3n) is 1.11. The lowest BCUT2D eigenvalue weighted by Crippen LogP contribution is -1.89. The van der Waals surface area contributed by atoms with Crippen LogP contribution < -0.4 is 5.73 Å². The molecule has 0 saturated heterocycles. The molecule has 0 aliphatic carbocycles. The largest absolute Gasteiger partial charge is 0.398 e. The highest BCUT2D eigenvalue weighted by Gasteiger charge is 1.92. The van der Waals surface area contributed by atoms with Gasteiger partial charge in [-0.2, -0.15) is 0 Å². The standard InChI is InChI=1S/C6H7ClN2.C2H6/c1-4-3-9-6(7)2-5(4)8;1-2/h2-3H,1H3,(H2,8,9);1-2H3. The smallest absolute Gasteiger partial charge is 0.131 e. The van der Waals surface area contributed by atoms with Gasteiger partial charge in [0.25, 0.3) is 0 Å². The molecule has 0 aromatic carbocycles. The van der Waals surface area contributed by atoms with E-state index in [0.29, 0.717) is 10.8 Å². The fourth-order valence-electron chi connectivity index (χ4n) is 0.512. The van der Waals surface area contributed by atoms with E-state index in [-0.39, 0.29) is 0 Å². The van der Waals surface area contributed by atoms with Crippen LogP contribution in [0, 0.1) is 6.92 Å². The van der Waals surface area contributed by atoms with Gasteiger partial charge >= 0.3 is 0 Å². The topological polar surface area (TPSA) is 38.9 Å². The van der Waals surface area contributed by atoms with E-state index in [4.69, 9.17) is 17.3 Å². The summed E-state index contributed by atoms with van der Waals surface area (Å²) in [5.41, 5.74) is 7.14. The maximum atomic E-state index is 5.53. The van der Waals surface area contributed by atoms with E-state index < -0.39 is 0 Å². The fraction of sp³-hybridized carbons (Fsp3) is 0.375. The Bertz CT molecular complexity index is 223. The van der Waals surface area contributed by atoms with Crippen LogP contribution in [0.1, 0.15) is 19.4 Å². The summed E-state index contributed by atoms with van der Waals surface area (Å²) in [5, 5.41) is 0.443. The highest BCUT2D eigenvalue weighted by atomic mass is 35.5. The van der Waals surface area contributed by atoms with Gasteiger partial charge in [0.2, 0.25) is 0 Å². The number of nitrogen functional groups attached to an aromatic ring is 1. The molecule has 1 aromatic rings. The van der Waals surface area contributed by atoms with Crippen molar-refractivity contribution in [2.75, 3.05) is 5.73 Å². The quantitative estimate of drug-likeness (QED) is 0.612. The van der Waals surface area contributed by atoms with Crippen molar-refractivity contribution in [1.29, 1.82) is 0 Å². The molecule has 0 bridgehead atoms. The predicted molar refractivity (Wildman–Crippen MR) is 49.7 cm³/mol. The first kappa shape index (κ1) is 10.2. The van der Waals surface area contributed by atoms with Gasteiger partial charge in [0.1, 0.15) is 5.15 Å². The van der Waals surface area contributed by atoms with Gasteiger partial charge in [0.05, 0.1) is 0 Å². The van der Waals surface area contributed by atoms with Gasteiger partial charge in [-0.05, 0) is 18.6 Å². The molecule has 1 rings (SSSR count). The third-order valence-corrected chi connectivity index (χ3v) is 1.32.